The smallest absolute Gasteiger partial charge is 0.414 e. The zero-order chi connectivity index (χ0) is 25.7. The molecule has 2 fully saturated rings. The van der Waals surface area contributed by atoms with Crippen LogP contribution < -0.4 is 19.8 Å². The van der Waals surface area contributed by atoms with Gasteiger partial charge >= 0.3 is 6.09 Å². The molecule has 9 nitrogen and oxygen atoms in total. The third-order valence-electron chi connectivity index (χ3n) is 6.17. The monoisotopic (exact) mass is 508 g/mol. The van der Waals surface area contributed by atoms with Crippen LogP contribution in [-0.2, 0) is 9.53 Å². The maximum atomic E-state index is 15.1. The maximum absolute atomic E-state index is 15.1. The van der Waals surface area contributed by atoms with E-state index in [1.807, 2.05) is 4.90 Å². The molecule has 2 aliphatic heterocycles. The molecule has 36 heavy (non-hydrogen) atoms. The number of carbonyl (C=O) groups is 2. The first-order valence-electron chi connectivity index (χ1n) is 11.4. The van der Waals surface area contributed by atoms with E-state index in [9.17, 15) is 14.9 Å². The van der Waals surface area contributed by atoms with Crippen LogP contribution in [0.5, 0.6) is 0 Å². The van der Waals surface area contributed by atoms with Crippen LogP contribution in [0.2, 0.25) is 0 Å². The Morgan fingerprint density at radius 1 is 1.22 bits per heavy atom. The topological polar surface area (TPSA) is 121 Å². The van der Waals surface area contributed by atoms with Crippen molar-refractivity contribution in [2.24, 2.45) is 0 Å². The van der Waals surface area contributed by atoms with E-state index < -0.39 is 23.6 Å². The lowest BCUT2D eigenvalue weighted by molar-refractivity contribution is -0.117. The SMILES string of the molecule is CC(=O)NSC[C@@H]1CN(c2ccc(N3CCC(C#N)(Nc4ccc(C#N)cc4)CC3)c(F)c2)C(=O)O1. The number of anilines is 3. The third-order valence-corrected chi connectivity index (χ3v) is 7.14. The summed E-state index contributed by atoms with van der Waals surface area (Å²) in [7, 11) is 0. The number of nitriles is 2. The molecule has 2 N–H and O–H groups in total. The highest BCUT2D eigenvalue weighted by molar-refractivity contribution is 7.97. The van der Waals surface area contributed by atoms with E-state index in [0.29, 0.717) is 48.6 Å². The van der Waals surface area contributed by atoms with Gasteiger partial charge in [0.1, 0.15) is 17.5 Å². The molecule has 4 rings (SSSR count). The average molecular weight is 509 g/mol. The van der Waals surface area contributed by atoms with Crippen LogP contribution in [-0.4, -0.2) is 49.0 Å². The number of nitrogens with zero attached hydrogens (tertiary/aromatic N) is 4. The molecular formula is C25H25FN6O3S. The number of hydrogen-bond donors (Lipinski definition) is 2. The molecule has 2 aromatic rings. The molecule has 186 valence electrons. The molecule has 0 radical (unpaired) electrons. The van der Waals surface area contributed by atoms with E-state index in [-0.39, 0.29) is 12.5 Å². The minimum atomic E-state index is -0.787. The van der Waals surface area contributed by atoms with Gasteiger partial charge in [0, 0.05) is 38.5 Å². The fourth-order valence-electron chi connectivity index (χ4n) is 4.27. The largest absolute Gasteiger partial charge is 0.443 e. The number of cyclic esters (lactones) is 1. The summed E-state index contributed by atoms with van der Waals surface area (Å²) >= 11 is 1.16. The van der Waals surface area contributed by atoms with Gasteiger partial charge in [0.15, 0.2) is 0 Å². The Labute approximate surface area is 212 Å². The van der Waals surface area contributed by atoms with Crippen LogP contribution in [0.15, 0.2) is 42.5 Å². The fourth-order valence-corrected chi connectivity index (χ4v) is 4.92. The highest BCUT2D eigenvalue weighted by atomic mass is 32.2. The number of ether oxygens (including phenoxy) is 1. The summed E-state index contributed by atoms with van der Waals surface area (Å²) in [5.74, 6) is -0.248. The molecule has 0 aromatic heterocycles. The first-order valence-corrected chi connectivity index (χ1v) is 12.4. The number of piperidine rings is 1. The van der Waals surface area contributed by atoms with Crippen molar-refractivity contribution in [3.63, 3.8) is 0 Å². The number of rotatable bonds is 7. The van der Waals surface area contributed by atoms with Crippen molar-refractivity contribution in [3.05, 3.63) is 53.8 Å². The predicted octanol–water partition coefficient (Wildman–Crippen LogP) is 3.78. The van der Waals surface area contributed by atoms with Crippen molar-refractivity contribution in [2.45, 2.75) is 31.4 Å². The minimum absolute atomic E-state index is 0.186. The van der Waals surface area contributed by atoms with Gasteiger partial charge in [-0.15, -0.1) is 0 Å². The molecule has 2 amide bonds. The zero-order valence-electron chi connectivity index (χ0n) is 19.7. The molecule has 0 bridgehead atoms. The van der Waals surface area contributed by atoms with E-state index in [1.165, 1.54) is 17.9 Å². The highest BCUT2D eigenvalue weighted by Crippen LogP contribution is 2.33. The van der Waals surface area contributed by atoms with Gasteiger partial charge in [-0.05, 0) is 54.4 Å². The van der Waals surface area contributed by atoms with Crippen molar-refractivity contribution >= 4 is 41.0 Å². The normalized spacial score (nSPS) is 18.7. The van der Waals surface area contributed by atoms with E-state index >= 15 is 4.39 Å². The lowest BCUT2D eigenvalue weighted by Crippen LogP contribution is -2.48. The summed E-state index contributed by atoms with van der Waals surface area (Å²) in [5, 5.41) is 22.1. The molecular weight excluding hydrogens is 483 g/mol. The Hall–Kier alpha value is -3.96. The molecule has 1 atom stereocenters. The van der Waals surface area contributed by atoms with Crippen LogP contribution in [0.3, 0.4) is 0 Å². The summed E-state index contributed by atoms with van der Waals surface area (Å²) in [5.41, 5.74) is 1.32. The molecule has 0 unspecified atom stereocenters. The van der Waals surface area contributed by atoms with Gasteiger partial charge in [-0.25, -0.2) is 9.18 Å². The second-order valence-corrected chi connectivity index (χ2v) is 9.54. The average Bonchev–Trinajstić information content (AvgIpc) is 3.25. The summed E-state index contributed by atoms with van der Waals surface area (Å²) in [6.45, 7) is 2.61. The maximum Gasteiger partial charge on any atom is 0.414 e. The summed E-state index contributed by atoms with van der Waals surface area (Å²) < 4.78 is 23.0. The van der Waals surface area contributed by atoms with E-state index in [2.05, 4.69) is 22.2 Å². The van der Waals surface area contributed by atoms with Crippen LogP contribution in [0.4, 0.5) is 26.2 Å². The van der Waals surface area contributed by atoms with E-state index in [0.717, 1.165) is 17.6 Å². The van der Waals surface area contributed by atoms with Gasteiger partial charge in [-0.2, -0.15) is 10.5 Å². The Kier molecular flexibility index (Phi) is 7.51. The molecule has 2 aromatic carbocycles. The van der Waals surface area contributed by atoms with E-state index in [1.54, 1.807) is 36.4 Å². The highest BCUT2D eigenvalue weighted by Gasteiger charge is 2.36. The number of benzene rings is 2. The van der Waals surface area contributed by atoms with Gasteiger partial charge in [0.05, 0.1) is 41.4 Å². The van der Waals surface area contributed by atoms with Crippen molar-refractivity contribution in [3.8, 4) is 12.1 Å². The summed E-state index contributed by atoms with van der Waals surface area (Å²) in [6, 6.07) is 16.0. The van der Waals surface area contributed by atoms with Crippen molar-refractivity contribution < 1.29 is 18.7 Å². The predicted molar refractivity (Wildman–Crippen MR) is 135 cm³/mol. The van der Waals surface area contributed by atoms with Gasteiger partial charge in [-0.1, -0.05) is 0 Å². The number of amides is 2. The molecule has 2 aliphatic rings. The van der Waals surface area contributed by atoms with Gasteiger partial charge < -0.3 is 19.7 Å². The number of hydrogen-bond acceptors (Lipinski definition) is 8. The Morgan fingerprint density at radius 3 is 2.56 bits per heavy atom. The summed E-state index contributed by atoms with van der Waals surface area (Å²) in [4.78, 5) is 26.6. The molecule has 2 heterocycles. The van der Waals surface area contributed by atoms with Crippen LogP contribution >= 0.6 is 11.9 Å². The number of carbonyl (C=O) groups excluding carboxylic acids is 2. The van der Waals surface area contributed by atoms with E-state index in [4.69, 9.17) is 10.00 Å². The Balaban J connectivity index is 1.37. The van der Waals surface area contributed by atoms with Crippen molar-refractivity contribution in [1.82, 2.24) is 4.72 Å². The van der Waals surface area contributed by atoms with Crippen molar-refractivity contribution in [1.29, 1.82) is 10.5 Å². The zero-order valence-corrected chi connectivity index (χ0v) is 20.5. The Bertz CT molecular complexity index is 1220. The quantitative estimate of drug-likeness (QED) is 0.542. The molecule has 2 saturated heterocycles. The first kappa shape index (κ1) is 25.1. The van der Waals surface area contributed by atoms with Crippen molar-refractivity contribution in [2.75, 3.05) is 40.5 Å². The molecule has 11 heteroatoms. The molecule has 0 aliphatic carbocycles. The second-order valence-electron chi connectivity index (χ2n) is 8.72. The van der Waals surface area contributed by atoms with Crippen LogP contribution in [0, 0.1) is 28.5 Å². The molecule has 0 saturated carbocycles. The fraction of sp³-hybridized carbons (Fsp3) is 0.360. The Morgan fingerprint density at radius 2 is 1.94 bits per heavy atom. The van der Waals surface area contributed by atoms with Crippen LogP contribution in [0.1, 0.15) is 25.3 Å². The number of halogens is 1. The molecule has 0 spiro atoms. The van der Waals surface area contributed by atoms with Gasteiger partial charge in [0.2, 0.25) is 5.91 Å². The number of nitrogens with one attached hydrogen (secondary N) is 2. The lowest BCUT2D eigenvalue weighted by Gasteiger charge is -2.39. The summed E-state index contributed by atoms with van der Waals surface area (Å²) in [6.07, 6.45) is -0.00348. The minimum Gasteiger partial charge on any atom is -0.443 e. The lowest BCUT2D eigenvalue weighted by atomic mass is 9.88. The first-order chi connectivity index (χ1) is 17.3. The van der Waals surface area contributed by atoms with Crippen LogP contribution in [0.25, 0.3) is 0 Å². The van der Waals surface area contributed by atoms with Gasteiger partial charge in [0.25, 0.3) is 0 Å². The standard InChI is InChI=1S/C25H25FN6O3S/c1-17(33)30-36-15-21-14-32(24(34)35-21)20-6-7-23(22(26)12-20)31-10-8-25(16-28,9-11-31)29-19-4-2-18(13-27)3-5-19/h2-7,12,21,29H,8-11,14-15H2,1H3,(H,30,33)/t21-/m0/s1. The third kappa shape index (κ3) is 5.64. The van der Waals surface area contributed by atoms with Gasteiger partial charge in [-0.3, -0.25) is 9.69 Å². The second kappa shape index (κ2) is 10.8.